The maximum atomic E-state index is 11.8. The molecule has 2 aliphatic rings. The molecule has 3 nitrogen and oxygen atoms in total. The highest BCUT2D eigenvalue weighted by Gasteiger charge is 2.47. The van der Waals surface area contributed by atoms with Gasteiger partial charge in [0, 0.05) is 12.1 Å². The Morgan fingerprint density at radius 3 is 2.86 bits per heavy atom. The van der Waals surface area contributed by atoms with E-state index in [-0.39, 0.29) is 5.78 Å². The van der Waals surface area contributed by atoms with Crippen LogP contribution in [-0.4, -0.2) is 16.3 Å². The van der Waals surface area contributed by atoms with Crippen LogP contribution in [0.4, 0.5) is 0 Å². The lowest BCUT2D eigenvalue weighted by Gasteiger charge is -2.02. The van der Waals surface area contributed by atoms with Gasteiger partial charge in [-0.25, -0.2) is 4.98 Å². The third kappa shape index (κ3) is 1.29. The first-order valence-corrected chi connectivity index (χ1v) is 5.80. The van der Waals surface area contributed by atoms with Gasteiger partial charge in [-0.15, -0.1) is 11.3 Å². The molecule has 3 rings (SSSR count). The molecule has 1 aromatic heterocycles. The lowest BCUT2D eigenvalue weighted by atomic mass is 10.1. The number of hydrogen-bond acceptors (Lipinski definition) is 4. The first-order valence-electron chi connectivity index (χ1n) is 4.98. The molecule has 74 valence electrons. The Balaban J connectivity index is 1.85. The minimum absolute atomic E-state index is 0.0990. The van der Waals surface area contributed by atoms with Crippen LogP contribution >= 0.6 is 11.3 Å². The van der Waals surface area contributed by atoms with Crippen LogP contribution in [0, 0.1) is 0 Å². The molecule has 4 heteroatoms. The molecule has 0 atom stereocenters. The van der Waals surface area contributed by atoms with E-state index in [1.54, 1.807) is 6.20 Å². The van der Waals surface area contributed by atoms with Gasteiger partial charge in [-0.05, 0) is 25.7 Å². The molecule has 1 heterocycles. The summed E-state index contributed by atoms with van der Waals surface area (Å²) in [6.07, 6.45) is 5.84. The van der Waals surface area contributed by atoms with Crippen LogP contribution in [0.25, 0.3) is 0 Å². The van der Waals surface area contributed by atoms with Crippen molar-refractivity contribution in [2.75, 3.05) is 0 Å². The molecule has 2 fully saturated rings. The number of carbonyl (C=O) groups is 1. The predicted octanol–water partition coefficient (Wildman–Crippen LogP) is 1.69. The van der Waals surface area contributed by atoms with Crippen molar-refractivity contribution in [3.05, 3.63) is 16.1 Å². The van der Waals surface area contributed by atoms with Crippen molar-refractivity contribution in [2.45, 2.75) is 37.1 Å². The number of nitrogens with zero attached hydrogens (tertiary/aromatic N) is 1. The number of carbonyl (C=O) groups excluding carboxylic acids is 1. The van der Waals surface area contributed by atoms with E-state index >= 15 is 0 Å². The highest BCUT2D eigenvalue weighted by molar-refractivity contribution is 7.13. The number of aromatic nitrogens is 1. The average Bonchev–Trinajstić information content (AvgIpc) is 3.09. The Bertz CT molecular complexity index is 391. The van der Waals surface area contributed by atoms with Gasteiger partial charge in [0.2, 0.25) is 0 Å². The van der Waals surface area contributed by atoms with Crippen LogP contribution in [0.5, 0.6) is 0 Å². The molecule has 2 N–H and O–H groups in total. The van der Waals surface area contributed by atoms with Crippen molar-refractivity contribution >= 4 is 17.1 Å². The zero-order valence-corrected chi connectivity index (χ0v) is 8.64. The summed E-state index contributed by atoms with van der Waals surface area (Å²) in [6, 6.07) is 0. The van der Waals surface area contributed by atoms with E-state index in [0.29, 0.717) is 5.92 Å². The molecular formula is C10H12N2OS. The van der Waals surface area contributed by atoms with Gasteiger partial charge < -0.3 is 5.73 Å². The fraction of sp³-hybridized carbons (Fsp3) is 0.600. The Hall–Kier alpha value is -0.740. The van der Waals surface area contributed by atoms with Crippen LogP contribution in [0.3, 0.4) is 0 Å². The number of ketones is 1. The quantitative estimate of drug-likeness (QED) is 0.769. The fourth-order valence-corrected chi connectivity index (χ4v) is 2.65. The van der Waals surface area contributed by atoms with E-state index in [1.165, 1.54) is 24.2 Å². The predicted molar refractivity (Wildman–Crippen MR) is 54.6 cm³/mol. The number of thiazole rings is 1. The molecule has 0 radical (unpaired) electrons. The van der Waals surface area contributed by atoms with Crippen molar-refractivity contribution < 1.29 is 4.79 Å². The molecule has 14 heavy (non-hydrogen) atoms. The second-order valence-corrected chi connectivity index (χ2v) is 5.38. The summed E-state index contributed by atoms with van der Waals surface area (Å²) < 4.78 is 0. The maximum Gasteiger partial charge on any atom is 0.194 e. The monoisotopic (exact) mass is 208 g/mol. The van der Waals surface area contributed by atoms with Crippen molar-refractivity contribution in [1.29, 1.82) is 0 Å². The summed E-state index contributed by atoms with van der Waals surface area (Å²) in [5.74, 6) is 0.733. The standard InChI is InChI=1S/C10H12N2OS/c11-10(3-4-10)8(13)7-5-12-9(14-7)6-1-2-6/h5-6H,1-4,11H2. The molecular weight excluding hydrogens is 196 g/mol. The highest BCUT2D eigenvalue weighted by atomic mass is 32.1. The summed E-state index contributed by atoms with van der Waals surface area (Å²) in [7, 11) is 0. The van der Waals surface area contributed by atoms with Crippen molar-refractivity contribution in [3.63, 3.8) is 0 Å². The first kappa shape index (κ1) is 8.56. The zero-order chi connectivity index (χ0) is 9.76. The summed E-state index contributed by atoms with van der Waals surface area (Å²) in [4.78, 5) is 16.9. The van der Waals surface area contributed by atoms with Crippen LogP contribution in [-0.2, 0) is 0 Å². The number of nitrogens with two attached hydrogens (primary N) is 1. The molecule has 0 bridgehead atoms. The normalized spacial score (nSPS) is 23.5. The van der Waals surface area contributed by atoms with E-state index in [2.05, 4.69) is 4.98 Å². The van der Waals surface area contributed by atoms with Gasteiger partial charge in [0.05, 0.1) is 15.4 Å². The largest absolute Gasteiger partial charge is 0.319 e. The van der Waals surface area contributed by atoms with Crippen molar-refractivity contribution in [1.82, 2.24) is 4.98 Å². The molecule has 0 spiro atoms. The maximum absolute atomic E-state index is 11.8. The summed E-state index contributed by atoms with van der Waals surface area (Å²) >= 11 is 1.54. The molecule has 0 aliphatic heterocycles. The summed E-state index contributed by atoms with van der Waals surface area (Å²) in [6.45, 7) is 0. The smallest absolute Gasteiger partial charge is 0.194 e. The first-order chi connectivity index (χ1) is 6.69. The van der Waals surface area contributed by atoms with Crippen LogP contribution in [0.15, 0.2) is 6.20 Å². The van der Waals surface area contributed by atoms with E-state index in [4.69, 9.17) is 5.73 Å². The average molecular weight is 208 g/mol. The third-order valence-electron chi connectivity index (χ3n) is 2.91. The molecule has 0 unspecified atom stereocenters. The number of rotatable bonds is 3. The topological polar surface area (TPSA) is 56.0 Å². The fourth-order valence-electron chi connectivity index (χ4n) is 1.52. The van der Waals surface area contributed by atoms with Gasteiger partial charge in [-0.1, -0.05) is 0 Å². The molecule has 0 aromatic carbocycles. The Kier molecular flexibility index (Phi) is 1.61. The van der Waals surface area contributed by atoms with Gasteiger partial charge in [0.15, 0.2) is 5.78 Å². The number of Topliss-reactive ketones (excluding diaryl/α,β-unsaturated/α-hetero) is 1. The second kappa shape index (κ2) is 2.64. The molecule has 0 amide bonds. The molecule has 2 aliphatic carbocycles. The minimum Gasteiger partial charge on any atom is -0.319 e. The SMILES string of the molecule is NC1(C(=O)c2cnc(C3CC3)s2)CC1. The van der Waals surface area contributed by atoms with Crippen molar-refractivity contribution in [2.24, 2.45) is 5.73 Å². The summed E-state index contributed by atoms with van der Waals surface area (Å²) in [5, 5.41) is 1.12. The molecule has 1 aromatic rings. The lowest BCUT2D eigenvalue weighted by Crippen LogP contribution is -2.32. The van der Waals surface area contributed by atoms with Gasteiger partial charge >= 0.3 is 0 Å². The van der Waals surface area contributed by atoms with Gasteiger partial charge in [0.25, 0.3) is 0 Å². The Morgan fingerprint density at radius 2 is 2.29 bits per heavy atom. The third-order valence-corrected chi connectivity index (χ3v) is 4.07. The van der Waals surface area contributed by atoms with Crippen LogP contribution < -0.4 is 5.73 Å². The van der Waals surface area contributed by atoms with E-state index in [0.717, 1.165) is 22.7 Å². The zero-order valence-electron chi connectivity index (χ0n) is 7.82. The highest BCUT2D eigenvalue weighted by Crippen LogP contribution is 2.43. The van der Waals surface area contributed by atoms with Gasteiger partial charge in [0.1, 0.15) is 0 Å². The van der Waals surface area contributed by atoms with E-state index < -0.39 is 5.54 Å². The molecule has 0 saturated heterocycles. The lowest BCUT2D eigenvalue weighted by molar-refractivity contribution is 0.0953. The summed E-state index contributed by atoms with van der Waals surface area (Å²) in [5.41, 5.74) is 5.32. The Labute approximate surface area is 86.3 Å². The van der Waals surface area contributed by atoms with E-state index in [1.807, 2.05) is 0 Å². The van der Waals surface area contributed by atoms with Crippen LogP contribution in [0.2, 0.25) is 0 Å². The molecule has 2 saturated carbocycles. The van der Waals surface area contributed by atoms with Gasteiger partial charge in [-0.2, -0.15) is 0 Å². The van der Waals surface area contributed by atoms with E-state index in [9.17, 15) is 4.79 Å². The second-order valence-electron chi connectivity index (χ2n) is 4.32. The minimum atomic E-state index is -0.534. The Morgan fingerprint density at radius 1 is 1.57 bits per heavy atom. The van der Waals surface area contributed by atoms with Gasteiger partial charge in [-0.3, -0.25) is 4.79 Å². The van der Waals surface area contributed by atoms with Crippen LogP contribution in [0.1, 0.15) is 46.3 Å². The van der Waals surface area contributed by atoms with Crippen molar-refractivity contribution in [3.8, 4) is 0 Å². The number of hydrogen-bond donors (Lipinski definition) is 1.